The molecule has 2 fully saturated rings. The molecule has 3 amide bonds. The van der Waals surface area contributed by atoms with Gasteiger partial charge in [0.1, 0.15) is 5.66 Å². The second kappa shape index (κ2) is 6.82. The number of urea groups is 1. The number of amides is 3. The summed E-state index contributed by atoms with van der Waals surface area (Å²) in [5, 5.41) is 6.41. The van der Waals surface area contributed by atoms with Gasteiger partial charge in [0.25, 0.3) is 5.91 Å². The fourth-order valence-electron chi connectivity index (χ4n) is 4.60. The molecule has 2 N–H and O–H groups in total. The van der Waals surface area contributed by atoms with Gasteiger partial charge in [-0.15, -0.1) is 0 Å². The van der Waals surface area contributed by atoms with E-state index in [2.05, 4.69) is 15.5 Å². The highest BCUT2D eigenvalue weighted by molar-refractivity contribution is 6.02. The third-order valence-electron chi connectivity index (χ3n) is 6.31. The zero-order valence-corrected chi connectivity index (χ0v) is 15.5. The maximum atomic E-state index is 12.6. The van der Waals surface area contributed by atoms with Crippen molar-refractivity contribution in [1.29, 1.82) is 0 Å². The Balaban J connectivity index is 1.41. The summed E-state index contributed by atoms with van der Waals surface area (Å²) in [5.41, 5.74) is 1.29. The Morgan fingerprint density at radius 3 is 2.58 bits per heavy atom. The van der Waals surface area contributed by atoms with Crippen molar-refractivity contribution in [2.75, 3.05) is 25.0 Å². The molecule has 0 bridgehead atoms. The smallest absolute Gasteiger partial charge is 0.317 e. The van der Waals surface area contributed by atoms with E-state index in [9.17, 15) is 9.59 Å². The summed E-state index contributed by atoms with van der Waals surface area (Å²) in [6.07, 6.45) is 7.38. The Morgan fingerprint density at radius 1 is 1.15 bits per heavy atom. The van der Waals surface area contributed by atoms with Crippen LogP contribution in [0.15, 0.2) is 24.3 Å². The number of carbonyl (C=O) groups excluding carboxylic acids is 2. The second-order valence-corrected chi connectivity index (χ2v) is 7.83. The zero-order valence-electron chi connectivity index (χ0n) is 15.5. The number of carbonyl (C=O) groups is 2. The van der Waals surface area contributed by atoms with Gasteiger partial charge in [0.2, 0.25) is 0 Å². The van der Waals surface area contributed by atoms with E-state index in [1.807, 2.05) is 36.2 Å². The monoisotopic (exact) mass is 356 g/mol. The number of piperidine rings is 1. The number of likely N-dealkylation sites (tertiary alicyclic amines) is 1. The predicted molar refractivity (Wildman–Crippen MR) is 101 cm³/mol. The lowest BCUT2D eigenvalue weighted by molar-refractivity contribution is 0.0808. The van der Waals surface area contributed by atoms with Crippen LogP contribution in [0, 0.1) is 0 Å². The Hall–Kier alpha value is -2.24. The highest BCUT2D eigenvalue weighted by atomic mass is 16.2. The highest BCUT2D eigenvalue weighted by Crippen LogP contribution is 2.36. The van der Waals surface area contributed by atoms with Gasteiger partial charge in [-0.3, -0.25) is 4.79 Å². The molecular weight excluding hydrogens is 328 g/mol. The third kappa shape index (κ3) is 3.02. The van der Waals surface area contributed by atoms with Gasteiger partial charge < -0.3 is 20.4 Å². The van der Waals surface area contributed by atoms with Crippen LogP contribution < -0.4 is 15.5 Å². The van der Waals surface area contributed by atoms with Gasteiger partial charge >= 0.3 is 6.03 Å². The van der Waals surface area contributed by atoms with Crippen LogP contribution in [-0.2, 0) is 0 Å². The molecule has 6 heteroatoms. The standard InChI is InChI=1S/C20H28N4O2/c1-23-17-10-6-5-9-16(17)18(25)22-20(23)11-13-24(14-12-20)19(26)21-15-7-3-2-4-8-15/h5-6,9-10,15H,2-4,7-8,11-14H2,1H3,(H,21,26)(H,22,25). The Kier molecular flexibility index (Phi) is 4.51. The van der Waals surface area contributed by atoms with Crippen molar-refractivity contribution in [3.8, 4) is 0 Å². The molecule has 0 aromatic heterocycles. The maximum Gasteiger partial charge on any atom is 0.317 e. The number of nitrogens with one attached hydrogen (secondary N) is 2. The van der Waals surface area contributed by atoms with E-state index in [1.54, 1.807) is 0 Å². The molecule has 4 rings (SSSR count). The van der Waals surface area contributed by atoms with Crippen molar-refractivity contribution < 1.29 is 9.59 Å². The summed E-state index contributed by atoms with van der Waals surface area (Å²) in [6.45, 7) is 1.32. The Labute approximate surface area is 154 Å². The van der Waals surface area contributed by atoms with Crippen LogP contribution >= 0.6 is 0 Å². The molecule has 140 valence electrons. The third-order valence-corrected chi connectivity index (χ3v) is 6.31. The molecule has 1 saturated heterocycles. The van der Waals surface area contributed by atoms with Crippen LogP contribution in [0.1, 0.15) is 55.3 Å². The largest absolute Gasteiger partial charge is 0.351 e. The molecule has 1 aromatic carbocycles. The van der Waals surface area contributed by atoms with E-state index in [-0.39, 0.29) is 11.9 Å². The molecule has 0 radical (unpaired) electrons. The van der Waals surface area contributed by atoms with Gasteiger partial charge in [0.15, 0.2) is 0 Å². The molecule has 3 aliphatic rings. The lowest BCUT2D eigenvalue weighted by Crippen LogP contribution is -2.67. The van der Waals surface area contributed by atoms with E-state index >= 15 is 0 Å². The molecule has 26 heavy (non-hydrogen) atoms. The van der Waals surface area contributed by atoms with E-state index in [4.69, 9.17) is 0 Å². The van der Waals surface area contributed by atoms with Gasteiger partial charge in [0.05, 0.1) is 11.3 Å². The molecule has 0 unspecified atom stereocenters. The molecule has 1 spiro atoms. The first-order valence-corrected chi connectivity index (χ1v) is 9.80. The fourth-order valence-corrected chi connectivity index (χ4v) is 4.60. The number of benzene rings is 1. The number of fused-ring (bicyclic) bond motifs is 1. The lowest BCUT2D eigenvalue weighted by Gasteiger charge is -2.51. The maximum absolute atomic E-state index is 12.6. The van der Waals surface area contributed by atoms with E-state index < -0.39 is 5.66 Å². The molecule has 6 nitrogen and oxygen atoms in total. The number of nitrogens with zero attached hydrogens (tertiary/aromatic N) is 2. The summed E-state index contributed by atoms with van der Waals surface area (Å²) < 4.78 is 0. The van der Waals surface area contributed by atoms with Gasteiger partial charge in [0, 0.05) is 39.0 Å². The highest BCUT2D eigenvalue weighted by Gasteiger charge is 2.44. The Bertz CT molecular complexity index is 691. The first-order valence-electron chi connectivity index (χ1n) is 9.80. The van der Waals surface area contributed by atoms with Crippen molar-refractivity contribution in [2.24, 2.45) is 0 Å². The first-order chi connectivity index (χ1) is 12.6. The number of hydrogen-bond acceptors (Lipinski definition) is 3. The van der Waals surface area contributed by atoms with Crippen LogP contribution in [0.3, 0.4) is 0 Å². The topological polar surface area (TPSA) is 64.7 Å². The zero-order chi connectivity index (χ0) is 18.1. The minimum absolute atomic E-state index is 0.0150. The average Bonchev–Trinajstić information content (AvgIpc) is 2.68. The lowest BCUT2D eigenvalue weighted by atomic mass is 9.90. The predicted octanol–water partition coefficient (Wildman–Crippen LogP) is 2.70. The van der Waals surface area contributed by atoms with Crippen LogP contribution in [-0.4, -0.2) is 48.7 Å². The molecule has 2 heterocycles. The summed E-state index contributed by atoms with van der Waals surface area (Å²) >= 11 is 0. The van der Waals surface area contributed by atoms with E-state index in [0.29, 0.717) is 19.1 Å². The Morgan fingerprint density at radius 2 is 1.85 bits per heavy atom. The van der Waals surface area contributed by atoms with Crippen LogP contribution in [0.2, 0.25) is 0 Å². The van der Waals surface area contributed by atoms with E-state index in [0.717, 1.165) is 36.9 Å². The minimum atomic E-state index is -0.396. The molecule has 2 aliphatic heterocycles. The molecule has 0 atom stereocenters. The van der Waals surface area contributed by atoms with Gasteiger partial charge in [-0.05, 0) is 25.0 Å². The number of anilines is 1. The minimum Gasteiger partial charge on any atom is -0.351 e. The van der Waals surface area contributed by atoms with Gasteiger partial charge in [-0.1, -0.05) is 31.4 Å². The average molecular weight is 356 g/mol. The quantitative estimate of drug-likeness (QED) is 0.813. The first kappa shape index (κ1) is 17.2. The number of hydrogen-bond donors (Lipinski definition) is 2. The summed E-state index contributed by atoms with van der Waals surface area (Å²) in [6, 6.07) is 8.10. The van der Waals surface area contributed by atoms with Crippen molar-refractivity contribution in [3.63, 3.8) is 0 Å². The van der Waals surface area contributed by atoms with Crippen LogP contribution in [0.5, 0.6) is 0 Å². The number of rotatable bonds is 1. The summed E-state index contributed by atoms with van der Waals surface area (Å²) in [4.78, 5) is 29.2. The second-order valence-electron chi connectivity index (χ2n) is 7.83. The van der Waals surface area contributed by atoms with Crippen molar-refractivity contribution in [1.82, 2.24) is 15.5 Å². The van der Waals surface area contributed by atoms with Gasteiger partial charge in [-0.2, -0.15) is 0 Å². The van der Waals surface area contributed by atoms with Crippen LogP contribution in [0.4, 0.5) is 10.5 Å². The SMILES string of the molecule is CN1c2ccccc2C(=O)NC12CCN(C(=O)NC1CCCCC1)CC2. The van der Waals surface area contributed by atoms with Crippen molar-refractivity contribution in [3.05, 3.63) is 29.8 Å². The summed E-state index contributed by atoms with van der Waals surface area (Å²) in [5.74, 6) is -0.0150. The van der Waals surface area contributed by atoms with Crippen LogP contribution in [0.25, 0.3) is 0 Å². The molecule has 1 aromatic rings. The van der Waals surface area contributed by atoms with Crippen molar-refractivity contribution in [2.45, 2.75) is 56.7 Å². The van der Waals surface area contributed by atoms with E-state index in [1.165, 1.54) is 19.3 Å². The molecular formula is C20H28N4O2. The molecule has 1 saturated carbocycles. The molecule has 1 aliphatic carbocycles. The number of para-hydroxylation sites is 1. The normalized spacial score (nSPS) is 22.7. The van der Waals surface area contributed by atoms with Crippen molar-refractivity contribution >= 4 is 17.6 Å². The summed E-state index contributed by atoms with van der Waals surface area (Å²) in [7, 11) is 2.04. The fraction of sp³-hybridized carbons (Fsp3) is 0.600. The van der Waals surface area contributed by atoms with Gasteiger partial charge in [-0.25, -0.2) is 4.79 Å².